The molecule has 0 saturated heterocycles. The van der Waals surface area contributed by atoms with E-state index < -0.39 is 6.43 Å². The number of methoxy groups -OCH3 is 1. The van der Waals surface area contributed by atoms with Crippen molar-refractivity contribution in [3.8, 4) is 5.75 Å². The highest BCUT2D eigenvalue weighted by Gasteiger charge is 2.13. The fourth-order valence-corrected chi connectivity index (χ4v) is 2.16. The number of hydrogen-bond donors (Lipinski definition) is 2. The molecule has 0 aliphatic heterocycles. The van der Waals surface area contributed by atoms with Crippen LogP contribution in [0.2, 0.25) is 0 Å². The van der Waals surface area contributed by atoms with Crippen LogP contribution in [-0.2, 0) is 6.42 Å². The van der Waals surface area contributed by atoms with Crippen molar-refractivity contribution in [2.45, 2.75) is 12.8 Å². The molecule has 21 heavy (non-hydrogen) atoms. The van der Waals surface area contributed by atoms with Gasteiger partial charge in [-0.15, -0.1) is 0 Å². The van der Waals surface area contributed by atoms with Gasteiger partial charge in [0.05, 0.1) is 7.11 Å². The van der Waals surface area contributed by atoms with Gasteiger partial charge in [0.1, 0.15) is 5.75 Å². The second kappa shape index (κ2) is 6.92. The van der Waals surface area contributed by atoms with E-state index in [2.05, 4.69) is 5.32 Å². The van der Waals surface area contributed by atoms with Gasteiger partial charge < -0.3 is 15.8 Å². The number of nitrogens with one attached hydrogen (secondary N) is 1. The zero-order valence-electron chi connectivity index (χ0n) is 11.8. The van der Waals surface area contributed by atoms with E-state index in [1.807, 2.05) is 24.3 Å². The zero-order chi connectivity index (χ0) is 15.2. The van der Waals surface area contributed by atoms with E-state index in [9.17, 15) is 8.78 Å². The number of nitrogen functional groups attached to an aromatic ring is 1. The van der Waals surface area contributed by atoms with Crippen molar-refractivity contribution in [3.05, 3.63) is 53.6 Å². The summed E-state index contributed by atoms with van der Waals surface area (Å²) in [4.78, 5) is 0. The Morgan fingerprint density at radius 2 is 1.95 bits per heavy atom. The molecule has 0 unspecified atom stereocenters. The summed E-state index contributed by atoms with van der Waals surface area (Å²) in [7, 11) is 1.61. The Bertz CT molecular complexity index is 603. The quantitative estimate of drug-likeness (QED) is 0.795. The molecule has 2 aromatic rings. The third-order valence-corrected chi connectivity index (χ3v) is 3.21. The van der Waals surface area contributed by atoms with Crippen LogP contribution in [-0.4, -0.2) is 13.7 Å². The number of anilines is 2. The minimum atomic E-state index is -2.55. The first-order valence-electron chi connectivity index (χ1n) is 6.65. The Morgan fingerprint density at radius 3 is 2.67 bits per heavy atom. The largest absolute Gasteiger partial charge is 0.496 e. The Morgan fingerprint density at radius 1 is 1.19 bits per heavy atom. The Labute approximate surface area is 122 Å². The first kappa shape index (κ1) is 15.1. The second-order valence-corrected chi connectivity index (χ2v) is 4.64. The molecule has 0 saturated carbocycles. The molecule has 112 valence electrons. The van der Waals surface area contributed by atoms with Gasteiger partial charge in [0.15, 0.2) is 0 Å². The van der Waals surface area contributed by atoms with Gasteiger partial charge in [0, 0.05) is 23.5 Å². The molecule has 0 spiro atoms. The summed E-state index contributed by atoms with van der Waals surface area (Å²) in [6.45, 7) is 0.532. The summed E-state index contributed by atoms with van der Waals surface area (Å²) >= 11 is 0. The van der Waals surface area contributed by atoms with E-state index in [1.54, 1.807) is 19.2 Å². The fourth-order valence-electron chi connectivity index (χ4n) is 2.16. The molecular weight excluding hydrogens is 274 g/mol. The normalized spacial score (nSPS) is 10.7. The molecule has 0 bridgehead atoms. The third-order valence-electron chi connectivity index (χ3n) is 3.21. The van der Waals surface area contributed by atoms with Crippen molar-refractivity contribution in [2.24, 2.45) is 0 Å². The first-order chi connectivity index (χ1) is 10.1. The lowest BCUT2D eigenvalue weighted by atomic mass is 10.1. The maximum atomic E-state index is 13.0. The molecule has 3 nitrogen and oxygen atoms in total. The summed E-state index contributed by atoms with van der Waals surface area (Å²) in [6, 6.07) is 12.1. The molecule has 0 aliphatic rings. The monoisotopic (exact) mass is 292 g/mol. The SMILES string of the molecule is COc1ccccc1CCNc1ccc(N)cc1C(F)F. The summed E-state index contributed by atoms with van der Waals surface area (Å²) in [5.41, 5.74) is 7.25. The first-order valence-corrected chi connectivity index (χ1v) is 6.65. The van der Waals surface area contributed by atoms with E-state index in [0.717, 1.165) is 11.3 Å². The maximum Gasteiger partial charge on any atom is 0.265 e. The van der Waals surface area contributed by atoms with E-state index in [0.29, 0.717) is 24.3 Å². The lowest BCUT2D eigenvalue weighted by Gasteiger charge is -2.13. The zero-order valence-corrected chi connectivity index (χ0v) is 11.8. The molecule has 2 aromatic carbocycles. The van der Waals surface area contributed by atoms with Crippen LogP contribution in [0.3, 0.4) is 0 Å². The third kappa shape index (κ3) is 3.84. The Balaban J connectivity index is 2.04. The number of nitrogens with two attached hydrogens (primary N) is 1. The second-order valence-electron chi connectivity index (χ2n) is 4.64. The number of rotatable bonds is 6. The molecule has 0 atom stereocenters. The van der Waals surface area contributed by atoms with Crippen LogP contribution in [0.4, 0.5) is 20.2 Å². The molecule has 0 fully saturated rings. The van der Waals surface area contributed by atoms with Gasteiger partial charge in [-0.3, -0.25) is 0 Å². The summed E-state index contributed by atoms with van der Waals surface area (Å²) in [6.07, 6.45) is -1.88. The summed E-state index contributed by atoms with van der Waals surface area (Å²) in [5, 5.41) is 3.03. The predicted molar refractivity (Wildman–Crippen MR) is 81.0 cm³/mol. The van der Waals surface area contributed by atoms with Crippen LogP contribution in [0, 0.1) is 0 Å². The standard InChI is InChI=1S/C16H18F2N2O/c1-21-15-5-3-2-4-11(15)8-9-20-14-7-6-12(19)10-13(14)16(17)18/h2-7,10,16,20H,8-9,19H2,1H3. The number of para-hydroxylation sites is 1. The number of benzene rings is 2. The Kier molecular flexibility index (Phi) is 4.98. The van der Waals surface area contributed by atoms with Crippen molar-refractivity contribution in [1.82, 2.24) is 0 Å². The van der Waals surface area contributed by atoms with Crippen molar-refractivity contribution in [2.75, 3.05) is 24.7 Å². The average Bonchev–Trinajstić information content (AvgIpc) is 2.49. The van der Waals surface area contributed by atoms with Crippen LogP contribution in [0.1, 0.15) is 17.6 Å². The van der Waals surface area contributed by atoms with Crippen LogP contribution < -0.4 is 15.8 Å². The van der Waals surface area contributed by atoms with E-state index in [4.69, 9.17) is 10.5 Å². The van der Waals surface area contributed by atoms with Gasteiger partial charge in [-0.25, -0.2) is 8.78 Å². The molecule has 0 aromatic heterocycles. The molecule has 0 heterocycles. The topological polar surface area (TPSA) is 47.3 Å². The van der Waals surface area contributed by atoms with Gasteiger partial charge in [-0.2, -0.15) is 0 Å². The minimum Gasteiger partial charge on any atom is -0.496 e. The van der Waals surface area contributed by atoms with Gasteiger partial charge >= 0.3 is 0 Å². The molecule has 0 radical (unpaired) electrons. The summed E-state index contributed by atoms with van der Waals surface area (Å²) in [5.74, 6) is 0.797. The van der Waals surface area contributed by atoms with Crippen LogP contribution >= 0.6 is 0 Å². The molecule has 2 rings (SSSR count). The van der Waals surface area contributed by atoms with Gasteiger partial charge in [0.25, 0.3) is 6.43 Å². The lowest BCUT2D eigenvalue weighted by molar-refractivity contribution is 0.152. The lowest BCUT2D eigenvalue weighted by Crippen LogP contribution is -2.08. The van der Waals surface area contributed by atoms with Crippen molar-refractivity contribution in [1.29, 1.82) is 0 Å². The van der Waals surface area contributed by atoms with Crippen molar-refractivity contribution >= 4 is 11.4 Å². The highest BCUT2D eigenvalue weighted by Crippen LogP contribution is 2.29. The molecule has 0 aliphatic carbocycles. The van der Waals surface area contributed by atoms with Crippen LogP contribution in [0.25, 0.3) is 0 Å². The highest BCUT2D eigenvalue weighted by molar-refractivity contribution is 5.58. The minimum absolute atomic E-state index is 0.0740. The smallest absolute Gasteiger partial charge is 0.265 e. The van der Waals surface area contributed by atoms with Gasteiger partial charge in [-0.1, -0.05) is 18.2 Å². The number of hydrogen-bond acceptors (Lipinski definition) is 3. The van der Waals surface area contributed by atoms with E-state index in [1.165, 1.54) is 6.07 Å². The number of halogens is 2. The number of alkyl halides is 2. The highest BCUT2D eigenvalue weighted by atomic mass is 19.3. The molecule has 3 N–H and O–H groups in total. The fraction of sp³-hybridized carbons (Fsp3) is 0.250. The van der Waals surface area contributed by atoms with Crippen LogP contribution in [0.5, 0.6) is 5.75 Å². The van der Waals surface area contributed by atoms with E-state index >= 15 is 0 Å². The van der Waals surface area contributed by atoms with Crippen molar-refractivity contribution < 1.29 is 13.5 Å². The Hall–Kier alpha value is -2.30. The number of ether oxygens (including phenoxy) is 1. The molecule has 0 amide bonds. The molecule has 5 heteroatoms. The van der Waals surface area contributed by atoms with Gasteiger partial charge in [-0.05, 0) is 36.2 Å². The van der Waals surface area contributed by atoms with E-state index in [-0.39, 0.29) is 5.56 Å². The van der Waals surface area contributed by atoms with Crippen LogP contribution in [0.15, 0.2) is 42.5 Å². The average molecular weight is 292 g/mol. The summed E-state index contributed by atoms with van der Waals surface area (Å²) < 4.78 is 31.2. The maximum absolute atomic E-state index is 13.0. The molecular formula is C16H18F2N2O. The van der Waals surface area contributed by atoms with Gasteiger partial charge in [0.2, 0.25) is 0 Å². The predicted octanol–water partition coefficient (Wildman–Crippen LogP) is 3.87. The van der Waals surface area contributed by atoms with Crippen molar-refractivity contribution in [3.63, 3.8) is 0 Å².